The van der Waals surface area contributed by atoms with Crippen LogP contribution in [0.3, 0.4) is 0 Å². The van der Waals surface area contributed by atoms with Crippen molar-refractivity contribution in [1.82, 2.24) is 4.98 Å². The highest BCUT2D eigenvalue weighted by Crippen LogP contribution is 2.35. The minimum atomic E-state index is -0.279. The molecule has 0 atom stereocenters. The molecule has 0 radical (unpaired) electrons. The van der Waals surface area contributed by atoms with Crippen LogP contribution in [-0.2, 0) is 0 Å². The Bertz CT molecular complexity index is 1090. The molecule has 0 aliphatic rings. The van der Waals surface area contributed by atoms with Crippen molar-refractivity contribution in [3.05, 3.63) is 51.0 Å². The number of hydrogen-bond donors (Lipinski definition) is 2. The molecule has 1 heterocycles. The van der Waals surface area contributed by atoms with Crippen LogP contribution in [0.2, 0.25) is 10.0 Å². The van der Waals surface area contributed by atoms with E-state index in [9.17, 15) is 4.79 Å². The van der Waals surface area contributed by atoms with Gasteiger partial charge in [0.15, 0.2) is 0 Å². The molecule has 0 unspecified atom stereocenters. The summed E-state index contributed by atoms with van der Waals surface area (Å²) in [6, 6.07) is 6.78. The summed E-state index contributed by atoms with van der Waals surface area (Å²) in [5, 5.41) is 8.81. The first-order chi connectivity index (χ1) is 13.3. The predicted molar refractivity (Wildman–Crippen MR) is 121 cm³/mol. The van der Waals surface area contributed by atoms with Crippen LogP contribution in [0, 0.1) is 13.8 Å². The summed E-state index contributed by atoms with van der Waals surface area (Å²) < 4.78 is 0.995. The van der Waals surface area contributed by atoms with Gasteiger partial charge in [-0.2, -0.15) is 5.10 Å². The number of halogens is 2. The van der Waals surface area contributed by atoms with Gasteiger partial charge in [0.05, 0.1) is 20.8 Å². The maximum atomic E-state index is 12.7. The van der Waals surface area contributed by atoms with Crippen LogP contribution < -0.4 is 10.7 Å². The number of benzene rings is 2. The molecule has 3 aromatic rings. The topological polar surface area (TPSA) is 66.4 Å². The zero-order chi connectivity index (χ0) is 20.4. The van der Waals surface area contributed by atoms with Gasteiger partial charge in [-0.05, 0) is 62.6 Å². The molecule has 0 saturated heterocycles. The van der Waals surface area contributed by atoms with E-state index in [1.807, 2.05) is 33.8 Å². The highest BCUT2D eigenvalue weighted by atomic mass is 35.5. The molecular formula is C20H20Cl2N4OS. The van der Waals surface area contributed by atoms with Crippen LogP contribution in [0.4, 0.5) is 10.8 Å². The lowest BCUT2D eigenvalue weighted by Crippen LogP contribution is -2.14. The maximum absolute atomic E-state index is 12.7. The fraction of sp³-hybridized carbons (Fsp3) is 0.250. The third-order valence-electron chi connectivity index (χ3n) is 4.38. The average molecular weight is 435 g/mol. The van der Waals surface area contributed by atoms with Crippen molar-refractivity contribution < 1.29 is 4.79 Å². The normalized spacial score (nSPS) is 11.7. The number of aromatic nitrogens is 1. The van der Waals surface area contributed by atoms with E-state index < -0.39 is 0 Å². The molecule has 3 rings (SSSR count). The number of nitrogens with zero attached hydrogens (tertiary/aromatic N) is 2. The van der Waals surface area contributed by atoms with Gasteiger partial charge in [0.1, 0.15) is 0 Å². The molecule has 0 aliphatic carbocycles. The number of nitrogens with one attached hydrogen (secondary N) is 2. The highest BCUT2D eigenvalue weighted by molar-refractivity contribution is 7.22. The first-order valence-electron chi connectivity index (χ1n) is 8.76. The Morgan fingerprint density at radius 3 is 2.68 bits per heavy atom. The third-order valence-corrected chi connectivity index (χ3v) is 6.03. The van der Waals surface area contributed by atoms with Crippen LogP contribution >= 0.6 is 34.5 Å². The molecule has 0 bridgehead atoms. The van der Waals surface area contributed by atoms with E-state index in [4.69, 9.17) is 23.2 Å². The van der Waals surface area contributed by atoms with Gasteiger partial charge in [-0.1, -0.05) is 41.5 Å². The molecule has 146 valence electrons. The lowest BCUT2D eigenvalue weighted by molar-refractivity contribution is 0.102. The number of hydrazone groups is 1. The van der Waals surface area contributed by atoms with Gasteiger partial charge in [-0.3, -0.25) is 10.2 Å². The smallest absolute Gasteiger partial charge is 0.257 e. The van der Waals surface area contributed by atoms with Crippen LogP contribution in [0.15, 0.2) is 29.4 Å². The standard InChI is InChI=1S/C20H20Cl2N4OS/c1-5-11(3)25-26-20-23-16-8-10(2)17(12(4)18(16)28-20)24-19(27)14-7-6-13(21)9-15(14)22/h6-9H,5H2,1-4H3,(H,23,26)(H,24,27)/b25-11+. The molecule has 1 amide bonds. The van der Waals surface area contributed by atoms with Crippen molar-refractivity contribution in [2.45, 2.75) is 34.1 Å². The van der Waals surface area contributed by atoms with Gasteiger partial charge in [0, 0.05) is 16.4 Å². The van der Waals surface area contributed by atoms with E-state index in [1.165, 1.54) is 11.3 Å². The van der Waals surface area contributed by atoms with E-state index >= 15 is 0 Å². The number of hydrogen-bond acceptors (Lipinski definition) is 5. The first-order valence-corrected chi connectivity index (χ1v) is 10.3. The van der Waals surface area contributed by atoms with Crippen LogP contribution in [0.25, 0.3) is 10.2 Å². The molecule has 2 N–H and O–H groups in total. The minimum absolute atomic E-state index is 0.279. The molecule has 8 heteroatoms. The zero-order valence-corrected chi connectivity index (χ0v) is 18.3. The number of anilines is 2. The van der Waals surface area contributed by atoms with Crippen molar-refractivity contribution in [2.75, 3.05) is 10.7 Å². The maximum Gasteiger partial charge on any atom is 0.257 e. The Hall–Kier alpha value is -2.15. The summed E-state index contributed by atoms with van der Waals surface area (Å²) in [5.41, 5.74) is 7.89. The summed E-state index contributed by atoms with van der Waals surface area (Å²) in [6.07, 6.45) is 0.874. The molecule has 0 saturated carbocycles. The summed E-state index contributed by atoms with van der Waals surface area (Å²) >= 11 is 13.6. The lowest BCUT2D eigenvalue weighted by atomic mass is 10.1. The molecular weight excluding hydrogens is 415 g/mol. The van der Waals surface area contributed by atoms with Crippen molar-refractivity contribution in [2.24, 2.45) is 5.10 Å². The Morgan fingerprint density at radius 2 is 2.00 bits per heavy atom. The van der Waals surface area contributed by atoms with Crippen molar-refractivity contribution in [3.8, 4) is 0 Å². The second-order valence-corrected chi connectivity index (χ2v) is 8.29. The van der Waals surface area contributed by atoms with E-state index in [1.54, 1.807) is 18.2 Å². The summed E-state index contributed by atoms with van der Waals surface area (Å²) in [4.78, 5) is 17.3. The van der Waals surface area contributed by atoms with Gasteiger partial charge in [0.25, 0.3) is 5.91 Å². The molecule has 0 aliphatic heterocycles. The summed E-state index contributed by atoms with van der Waals surface area (Å²) in [6.45, 7) is 7.92. The molecule has 2 aromatic carbocycles. The van der Waals surface area contributed by atoms with E-state index in [0.717, 1.165) is 44.3 Å². The monoisotopic (exact) mass is 434 g/mol. The Balaban J connectivity index is 1.94. The Labute approximate surface area is 177 Å². The predicted octanol–water partition coefficient (Wildman–Crippen LogP) is 6.67. The second-order valence-electron chi connectivity index (χ2n) is 6.45. The SMILES string of the molecule is CC/C(C)=N/Nc1nc2cc(C)c(NC(=O)c3ccc(Cl)cc3Cl)c(C)c2s1. The van der Waals surface area contributed by atoms with E-state index in [0.29, 0.717) is 15.6 Å². The third kappa shape index (κ3) is 4.29. The summed E-state index contributed by atoms with van der Waals surface area (Å²) in [7, 11) is 0. The molecule has 5 nitrogen and oxygen atoms in total. The number of thiazole rings is 1. The summed E-state index contributed by atoms with van der Waals surface area (Å²) in [5.74, 6) is -0.279. The highest BCUT2D eigenvalue weighted by Gasteiger charge is 2.17. The van der Waals surface area contributed by atoms with E-state index in [-0.39, 0.29) is 5.91 Å². The number of fused-ring (bicyclic) bond motifs is 1. The van der Waals surface area contributed by atoms with Gasteiger partial charge in [0.2, 0.25) is 5.13 Å². The quantitative estimate of drug-likeness (QED) is 0.347. The van der Waals surface area contributed by atoms with Crippen molar-refractivity contribution in [1.29, 1.82) is 0 Å². The van der Waals surface area contributed by atoms with E-state index in [2.05, 4.69) is 20.8 Å². The average Bonchev–Trinajstić information content (AvgIpc) is 3.06. The molecule has 0 spiro atoms. The molecule has 0 fully saturated rings. The van der Waals surface area contributed by atoms with Crippen LogP contribution in [0.1, 0.15) is 41.8 Å². The second kappa shape index (κ2) is 8.47. The van der Waals surface area contributed by atoms with Gasteiger partial charge < -0.3 is 5.32 Å². The van der Waals surface area contributed by atoms with Crippen molar-refractivity contribution in [3.63, 3.8) is 0 Å². The minimum Gasteiger partial charge on any atom is -0.321 e. The van der Waals surface area contributed by atoms with Gasteiger partial charge in [-0.15, -0.1) is 0 Å². The zero-order valence-electron chi connectivity index (χ0n) is 16.0. The Morgan fingerprint density at radius 1 is 1.25 bits per heavy atom. The number of amides is 1. The number of carbonyl (C=O) groups excluding carboxylic acids is 1. The van der Waals surface area contributed by atoms with Gasteiger partial charge in [-0.25, -0.2) is 4.98 Å². The fourth-order valence-electron chi connectivity index (χ4n) is 2.70. The number of carbonyl (C=O) groups is 1. The molecule has 28 heavy (non-hydrogen) atoms. The Kier molecular flexibility index (Phi) is 6.23. The lowest BCUT2D eigenvalue weighted by Gasteiger charge is -2.13. The van der Waals surface area contributed by atoms with Crippen LogP contribution in [0.5, 0.6) is 0 Å². The number of aryl methyl sites for hydroxylation is 2. The van der Waals surface area contributed by atoms with Crippen molar-refractivity contribution >= 4 is 67.2 Å². The van der Waals surface area contributed by atoms with Gasteiger partial charge >= 0.3 is 0 Å². The first kappa shape index (κ1) is 20.6. The number of rotatable bonds is 5. The largest absolute Gasteiger partial charge is 0.321 e. The fourth-order valence-corrected chi connectivity index (χ4v) is 4.09. The molecule has 1 aromatic heterocycles. The van der Waals surface area contributed by atoms with Crippen LogP contribution in [-0.4, -0.2) is 16.6 Å².